The van der Waals surface area contributed by atoms with Gasteiger partial charge in [0.25, 0.3) is 5.91 Å². The third-order valence-corrected chi connectivity index (χ3v) is 4.42. The number of methoxy groups -OCH3 is 1. The van der Waals surface area contributed by atoms with Crippen LogP contribution in [0.5, 0.6) is 11.5 Å². The minimum Gasteiger partial charge on any atom is -0.493 e. The average molecular weight is 382 g/mol. The Labute approximate surface area is 162 Å². The number of rotatable bonds is 7. The van der Waals surface area contributed by atoms with Crippen molar-refractivity contribution >= 4 is 17.3 Å². The third kappa shape index (κ3) is 3.80. The van der Waals surface area contributed by atoms with Crippen molar-refractivity contribution in [3.63, 3.8) is 0 Å². The zero-order chi connectivity index (χ0) is 20.3. The molecule has 0 unspecified atom stereocenters. The maximum absolute atomic E-state index is 12.7. The molecule has 0 fully saturated rings. The average Bonchev–Trinajstić information content (AvgIpc) is 3.13. The SMILES string of the molecule is COc1ccccc1OCCN(C)C(=O)c1cc2ncc(C(C)=O)c(C)n2n1. The number of aromatic nitrogens is 3. The lowest BCUT2D eigenvalue weighted by atomic mass is 10.2. The van der Waals surface area contributed by atoms with Crippen molar-refractivity contribution in [1.82, 2.24) is 19.5 Å². The lowest BCUT2D eigenvalue weighted by Gasteiger charge is -2.17. The Morgan fingerprint density at radius 1 is 1.21 bits per heavy atom. The molecule has 8 nitrogen and oxygen atoms in total. The van der Waals surface area contributed by atoms with Crippen molar-refractivity contribution in [2.75, 3.05) is 27.3 Å². The van der Waals surface area contributed by atoms with Crippen LogP contribution >= 0.6 is 0 Å². The summed E-state index contributed by atoms with van der Waals surface area (Å²) in [6, 6.07) is 8.94. The molecule has 0 aliphatic rings. The van der Waals surface area contributed by atoms with Crippen molar-refractivity contribution in [2.45, 2.75) is 13.8 Å². The van der Waals surface area contributed by atoms with E-state index >= 15 is 0 Å². The number of fused-ring (bicyclic) bond motifs is 1. The molecule has 2 aromatic heterocycles. The number of aryl methyl sites for hydroxylation is 1. The highest BCUT2D eigenvalue weighted by molar-refractivity contribution is 5.95. The van der Waals surface area contributed by atoms with Crippen LogP contribution in [-0.4, -0.2) is 58.5 Å². The molecular formula is C20H22N4O4. The van der Waals surface area contributed by atoms with Gasteiger partial charge in [-0.25, -0.2) is 9.50 Å². The van der Waals surface area contributed by atoms with Crippen LogP contribution in [0.4, 0.5) is 0 Å². The molecule has 0 saturated heterocycles. The number of ether oxygens (including phenoxy) is 2. The Morgan fingerprint density at radius 2 is 1.93 bits per heavy atom. The van der Waals surface area contributed by atoms with Gasteiger partial charge >= 0.3 is 0 Å². The highest BCUT2D eigenvalue weighted by Crippen LogP contribution is 2.25. The topological polar surface area (TPSA) is 86.0 Å². The fourth-order valence-corrected chi connectivity index (χ4v) is 2.83. The molecule has 0 atom stereocenters. The minimum absolute atomic E-state index is 0.0964. The molecule has 0 aliphatic carbocycles. The van der Waals surface area contributed by atoms with Gasteiger partial charge in [0.05, 0.1) is 24.9 Å². The van der Waals surface area contributed by atoms with Crippen molar-refractivity contribution in [3.8, 4) is 11.5 Å². The van der Waals surface area contributed by atoms with E-state index in [1.807, 2.05) is 24.3 Å². The Balaban J connectivity index is 1.69. The fourth-order valence-electron chi connectivity index (χ4n) is 2.83. The number of hydrogen-bond acceptors (Lipinski definition) is 6. The number of benzene rings is 1. The van der Waals surface area contributed by atoms with Gasteiger partial charge in [-0.3, -0.25) is 9.59 Å². The number of ketones is 1. The first-order chi connectivity index (χ1) is 13.4. The number of likely N-dealkylation sites (N-methyl/N-ethyl adjacent to an activating group) is 1. The second-order valence-corrected chi connectivity index (χ2v) is 6.34. The van der Waals surface area contributed by atoms with Gasteiger partial charge in [0, 0.05) is 19.3 Å². The van der Waals surface area contributed by atoms with Crippen LogP contribution in [-0.2, 0) is 0 Å². The highest BCUT2D eigenvalue weighted by atomic mass is 16.5. The zero-order valence-corrected chi connectivity index (χ0v) is 16.3. The van der Waals surface area contributed by atoms with E-state index in [2.05, 4.69) is 10.1 Å². The van der Waals surface area contributed by atoms with Crippen molar-refractivity contribution in [1.29, 1.82) is 0 Å². The molecular weight excluding hydrogens is 360 g/mol. The summed E-state index contributed by atoms with van der Waals surface area (Å²) in [6.45, 7) is 3.93. The van der Waals surface area contributed by atoms with Crippen molar-refractivity contribution in [2.24, 2.45) is 0 Å². The number of hydrogen-bond donors (Lipinski definition) is 0. The fraction of sp³-hybridized carbons (Fsp3) is 0.300. The summed E-state index contributed by atoms with van der Waals surface area (Å²) in [6.07, 6.45) is 1.51. The van der Waals surface area contributed by atoms with Gasteiger partial charge in [-0.1, -0.05) is 12.1 Å². The Bertz CT molecular complexity index is 1030. The Hall–Kier alpha value is -3.42. The maximum atomic E-state index is 12.7. The number of Topliss-reactive ketones (excluding diaryl/α,β-unsaturated/α-hetero) is 1. The molecule has 1 amide bonds. The van der Waals surface area contributed by atoms with E-state index in [1.165, 1.54) is 22.5 Å². The minimum atomic E-state index is -0.252. The van der Waals surface area contributed by atoms with Gasteiger partial charge in [-0.2, -0.15) is 5.10 Å². The van der Waals surface area contributed by atoms with Crippen LogP contribution in [0.3, 0.4) is 0 Å². The lowest BCUT2D eigenvalue weighted by Crippen LogP contribution is -2.31. The van der Waals surface area contributed by atoms with E-state index in [9.17, 15) is 9.59 Å². The van der Waals surface area contributed by atoms with E-state index in [1.54, 1.807) is 27.1 Å². The van der Waals surface area contributed by atoms with Crippen LogP contribution in [0.2, 0.25) is 0 Å². The van der Waals surface area contributed by atoms with E-state index < -0.39 is 0 Å². The van der Waals surface area contributed by atoms with E-state index in [4.69, 9.17) is 9.47 Å². The smallest absolute Gasteiger partial charge is 0.274 e. The molecule has 3 aromatic rings. The summed E-state index contributed by atoms with van der Waals surface area (Å²) in [5.41, 5.74) is 1.91. The summed E-state index contributed by atoms with van der Waals surface area (Å²) in [7, 11) is 3.26. The first-order valence-corrected chi connectivity index (χ1v) is 8.80. The van der Waals surface area contributed by atoms with Crippen LogP contribution in [0.1, 0.15) is 33.5 Å². The second kappa shape index (κ2) is 8.08. The summed E-state index contributed by atoms with van der Waals surface area (Å²) in [5.74, 6) is 0.911. The number of carbonyl (C=O) groups is 2. The summed E-state index contributed by atoms with van der Waals surface area (Å²) in [5, 5.41) is 4.32. The molecule has 0 radical (unpaired) electrons. The standard InChI is InChI=1S/C20H22N4O4/c1-13-15(14(2)25)12-21-19-11-16(22-24(13)19)20(26)23(3)9-10-28-18-8-6-5-7-17(18)27-4/h5-8,11-12H,9-10H2,1-4H3. The second-order valence-electron chi connectivity index (χ2n) is 6.34. The first-order valence-electron chi connectivity index (χ1n) is 8.80. The number of para-hydroxylation sites is 2. The van der Waals surface area contributed by atoms with E-state index in [0.717, 1.165) is 0 Å². The van der Waals surface area contributed by atoms with E-state index in [0.29, 0.717) is 41.6 Å². The summed E-state index contributed by atoms with van der Waals surface area (Å²) >= 11 is 0. The molecule has 0 saturated carbocycles. The number of amides is 1. The molecule has 0 bridgehead atoms. The van der Waals surface area contributed by atoms with Crippen LogP contribution in [0.15, 0.2) is 36.5 Å². The Morgan fingerprint density at radius 3 is 2.61 bits per heavy atom. The lowest BCUT2D eigenvalue weighted by molar-refractivity contribution is 0.0767. The largest absolute Gasteiger partial charge is 0.493 e. The maximum Gasteiger partial charge on any atom is 0.274 e. The molecule has 3 rings (SSSR count). The first kappa shape index (κ1) is 19.3. The van der Waals surface area contributed by atoms with Crippen molar-refractivity contribution < 1.29 is 19.1 Å². The Kier molecular flexibility index (Phi) is 5.58. The number of nitrogens with zero attached hydrogens (tertiary/aromatic N) is 4. The molecule has 8 heteroatoms. The van der Waals surface area contributed by atoms with Gasteiger partial charge in [-0.05, 0) is 26.0 Å². The molecule has 0 N–H and O–H groups in total. The summed E-state index contributed by atoms with van der Waals surface area (Å²) < 4.78 is 12.5. The third-order valence-electron chi connectivity index (χ3n) is 4.42. The zero-order valence-electron chi connectivity index (χ0n) is 16.3. The van der Waals surface area contributed by atoms with Crippen LogP contribution in [0.25, 0.3) is 5.65 Å². The van der Waals surface area contributed by atoms with Crippen LogP contribution in [0, 0.1) is 6.92 Å². The molecule has 2 heterocycles. The van der Waals surface area contributed by atoms with Crippen LogP contribution < -0.4 is 9.47 Å². The predicted octanol–water partition coefficient (Wildman–Crippen LogP) is 2.40. The molecule has 0 aliphatic heterocycles. The molecule has 0 spiro atoms. The monoisotopic (exact) mass is 382 g/mol. The van der Waals surface area contributed by atoms with Gasteiger partial charge in [0.1, 0.15) is 6.61 Å². The van der Waals surface area contributed by atoms with Gasteiger partial charge in [0.15, 0.2) is 28.6 Å². The van der Waals surface area contributed by atoms with E-state index in [-0.39, 0.29) is 17.4 Å². The van der Waals surface area contributed by atoms with Crippen molar-refractivity contribution in [3.05, 3.63) is 53.5 Å². The number of carbonyl (C=O) groups excluding carboxylic acids is 2. The quantitative estimate of drug-likeness (QED) is 0.583. The van der Waals surface area contributed by atoms with Gasteiger partial charge in [0.2, 0.25) is 0 Å². The van der Waals surface area contributed by atoms with Gasteiger partial charge < -0.3 is 14.4 Å². The molecule has 146 valence electrons. The molecule has 1 aromatic carbocycles. The predicted molar refractivity (Wildman–Crippen MR) is 103 cm³/mol. The normalized spacial score (nSPS) is 10.7. The van der Waals surface area contributed by atoms with Gasteiger partial charge in [-0.15, -0.1) is 0 Å². The molecule has 28 heavy (non-hydrogen) atoms. The highest BCUT2D eigenvalue weighted by Gasteiger charge is 2.18. The summed E-state index contributed by atoms with van der Waals surface area (Å²) in [4.78, 5) is 30.1.